The van der Waals surface area contributed by atoms with E-state index in [2.05, 4.69) is 16.0 Å². The van der Waals surface area contributed by atoms with Gasteiger partial charge in [-0.1, -0.05) is 68.7 Å². The Morgan fingerprint density at radius 2 is 1.62 bits per heavy atom. The fourth-order valence-electron chi connectivity index (χ4n) is 4.85. The van der Waals surface area contributed by atoms with Gasteiger partial charge in [-0.05, 0) is 48.9 Å². The molecule has 0 unspecified atom stereocenters. The number of benzene rings is 2. The average Bonchev–Trinajstić information content (AvgIpc) is 2.97. The molecule has 0 radical (unpaired) electrons. The Morgan fingerprint density at radius 3 is 2.23 bits per heavy atom. The number of amides is 3. The number of alkyl carbamates (subject to hydrolysis) is 1. The molecule has 3 amide bonds. The highest BCUT2D eigenvalue weighted by atomic mass is 16.5. The summed E-state index contributed by atoms with van der Waals surface area (Å²) < 4.78 is 10.3. The molecule has 2 aromatic carbocycles. The van der Waals surface area contributed by atoms with E-state index in [1.807, 2.05) is 30.3 Å². The molecule has 3 rings (SSSR count). The number of hydrogen-bond donors (Lipinski definition) is 3. The topological polar surface area (TPSA) is 123 Å². The Kier molecular flexibility index (Phi) is 10.9. The van der Waals surface area contributed by atoms with Gasteiger partial charge in [-0.25, -0.2) is 9.59 Å². The second-order valence-corrected chi connectivity index (χ2v) is 10.1. The number of rotatable bonds is 11. The van der Waals surface area contributed by atoms with Crippen molar-refractivity contribution in [2.45, 2.75) is 77.0 Å². The zero-order valence-electron chi connectivity index (χ0n) is 23.0. The molecular formula is C30H39N3O6. The van der Waals surface area contributed by atoms with E-state index in [1.165, 1.54) is 7.11 Å². The van der Waals surface area contributed by atoms with Gasteiger partial charge in [0, 0.05) is 18.5 Å². The number of methoxy groups -OCH3 is 1. The van der Waals surface area contributed by atoms with Crippen molar-refractivity contribution >= 4 is 29.6 Å². The van der Waals surface area contributed by atoms with Gasteiger partial charge in [-0.3, -0.25) is 9.59 Å². The highest BCUT2D eigenvalue weighted by molar-refractivity contribution is 6.00. The largest absolute Gasteiger partial charge is 0.467 e. The van der Waals surface area contributed by atoms with Crippen molar-refractivity contribution in [1.29, 1.82) is 0 Å². The van der Waals surface area contributed by atoms with Gasteiger partial charge in [0.1, 0.15) is 18.2 Å². The molecule has 0 saturated heterocycles. The smallest absolute Gasteiger partial charge is 0.408 e. The zero-order valence-corrected chi connectivity index (χ0v) is 23.0. The molecule has 1 fully saturated rings. The Hall–Kier alpha value is -3.88. The van der Waals surface area contributed by atoms with Gasteiger partial charge in [-0.15, -0.1) is 0 Å². The summed E-state index contributed by atoms with van der Waals surface area (Å²) in [5, 5.41) is 8.49. The van der Waals surface area contributed by atoms with Crippen LogP contribution in [0.3, 0.4) is 0 Å². The summed E-state index contributed by atoms with van der Waals surface area (Å²) in [6.07, 6.45) is 4.64. The Morgan fingerprint density at radius 1 is 0.949 bits per heavy atom. The molecule has 0 spiro atoms. The number of ether oxygens (including phenoxy) is 2. The fraction of sp³-hybridized carbons (Fsp3) is 0.467. The Labute approximate surface area is 230 Å². The molecule has 3 N–H and O–H groups in total. The SMILES string of the molecule is CCC(=O)N[C@H](Cc1ccc(NC(=O)[C@](C)(NC(=O)OCc2ccccc2)C2CCCCC2)cc1)C(=O)OC. The van der Waals surface area contributed by atoms with E-state index < -0.39 is 23.6 Å². The maximum absolute atomic E-state index is 13.6. The van der Waals surface area contributed by atoms with E-state index in [4.69, 9.17) is 9.47 Å². The minimum atomic E-state index is -1.16. The molecule has 0 bridgehead atoms. The van der Waals surface area contributed by atoms with E-state index in [0.29, 0.717) is 5.69 Å². The first kappa shape index (κ1) is 29.7. The summed E-state index contributed by atoms with van der Waals surface area (Å²) in [5.41, 5.74) is 1.04. The maximum Gasteiger partial charge on any atom is 0.408 e. The van der Waals surface area contributed by atoms with Crippen LogP contribution in [0, 0.1) is 5.92 Å². The van der Waals surface area contributed by atoms with Gasteiger partial charge in [-0.2, -0.15) is 0 Å². The lowest BCUT2D eigenvalue weighted by Crippen LogP contribution is -2.59. The summed E-state index contributed by atoms with van der Waals surface area (Å²) in [6.45, 7) is 3.58. The zero-order chi connectivity index (χ0) is 28.3. The lowest BCUT2D eigenvalue weighted by atomic mass is 9.75. The van der Waals surface area contributed by atoms with E-state index in [-0.39, 0.29) is 37.2 Å². The van der Waals surface area contributed by atoms with Crippen molar-refractivity contribution in [2.24, 2.45) is 5.92 Å². The summed E-state index contributed by atoms with van der Waals surface area (Å²) in [6, 6.07) is 15.6. The third-order valence-electron chi connectivity index (χ3n) is 7.26. The van der Waals surface area contributed by atoms with Crippen molar-refractivity contribution in [2.75, 3.05) is 12.4 Å². The van der Waals surface area contributed by atoms with E-state index in [1.54, 1.807) is 38.1 Å². The van der Waals surface area contributed by atoms with E-state index in [0.717, 1.165) is 43.2 Å². The van der Waals surface area contributed by atoms with Crippen molar-refractivity contribution < 1.29 is 28.7 Å². The van der Waals surface area contributed by atoms with Gasteiger partial charge in [0.15, 0.2) is 0 Å². The van der Waals surface area contributed by atoms with Crippen molar-refractivity contribution in [3.8, 4) is 0 Å². The van der Waals surface area contributed by atoms with Gasteiger partial charge in [0.05, 0.1) is 7.11 Å². The summed E-state index contributed by atoms with van der Waals surface area (Å²) in [5.74, 6) is -1.12. The van der Waals surface area contributed by atoms with Gasteiger partial charge >= 0.3 is 12.1 Å². The van der Waals surface area contributed by atoms with Crippen LogP contribution in [0.1, 0.15) is 63.5 Å². The highest BCUT2D eigenvalue weighted by Gasteiger charge is 2.43. The number of nitrogens with one attached hydrogen (secondary N) is 3. The standard InChI is InChI=1S/C30H39N3O6/c1-4-26(34)32-25(27(35)38-3)19-21-15-17-24(18-16-21)31-28(36)30(2,23-13-9-6-10-14-23)33-29(37)39-20-22-11-7-5-8-12-22/h5,7-8,11-12,15-18,23,25H,4,6,9-10,13-14,19-20H2,1-3H3,(H,31,36)(H,32,34)(H,33,37)/t25-,30-/m1/s1. The number of anilines is 1. The first-order valence-electron chi connectivity index (χ1n) is 13.5. The first-order valence-corrected chi connectivity index (χ1v) is 13.5. The Balaban J connectivity index is 1.68. The van der Waals surface area contributed by atoms with E-state index in [9.17, 15) is 19.2 Å². The normalized spacial score (nSPS) is 15.8. The quantitative estimate of drug-likeness (QED) is 0.363. The van der Waals surface area contributed by atoms with Gasteiger partial charge < -0.3 is 25.4 Å². The van der Waals surface area contributed by atoms with Crippen molar-refractivity contribution in [3.05, 3.63) is 65.7 Å². The lowest BCUT2D eigenvalue weighted by Gasteiger charge is -2.38. The molecule has 1 saturated carbocycles. The van der Waals surface area contributed by atoms with Crippen LogP contribution in [0.4, 0.5) is 10.5 Å². The molecule has 39 heavy (non-hydrogen) atoms. The molecule has 0 aliphatic heterocycles. The monoisotopic (exact) mass is 537 g/mol. The summed E-state index contributed by atoms with van der Waals surface area (Å²) in [4.78, 5) is 50.3. The maximum atomic E-state index is 13.6. The second kappa shape index (κ2) is 14.3. The molecule has 2 atom stereocenters. The van der Waals surface area contributed by atoms with Crippen LogP contribution in [0.25, 0.3) is 0 Å². The predicted octanol–water partition coefficient (Wildman–Crippen LogP) is 4.50. The predicted molar refractivity (Wildman–Crippen MR) is 148 cm³/mol. The molecule has 2 aromatic rings. The number of carbonyl (C=O) groups is 4. The second-order valence-electron chi connectivity index (χ2n) is 10.1. The summed E-state index contributed by atoms with van der Waals surface area (Å²) >= 11 is 0. The molecule has 0 aromatic heterocycles. The highest BCUT2D eigenvalue weighted by Crippen LogP contribution is 2.34. The van der Waals surface area contributed by atoms with E-state index >= 15 is 0 Å². The number of carbonyl (C=O) groups excluding carboxylic acids is 4. The van der Waals surface area contributed by atoms with Crippen LogP contribution in [0.2, 0.25) is 0 Å². The van der Waals surface area contributed by atoms with Gasteiger partial charge in [0.25, 0.3) is 0 Å². The average molecular weight is 538 g/mol. The Bertz CT molecular complexity index is 1120. The molecule has 1 aliphatic carbocycles. The van der Waals surface area contributed by atoms with Crippen LogP contribution < -0.4 is 16.0 Å². The molecule has 1 aliphatic rings. The molecule has 9 heteroatoms. The fourth-order valence-corrected chi connectivity index (χ4v) is 4.85. The third-order valence-corrected chi connectivity index (χ3v) is 7.26. The molecule has 0 heterocycles. The van der Waals surface area contributed by atoms with Crippen LogP contribution in [-0.4, -0.2) is 42.6 Å². The third kappa shape index (κ3) is 8.56. The van der Waals surface area contributed by atoms with Crippen LogP contribution in [0.15, 0.2) is 54.6 Å². The number of hydrogen-bond acceptors (Lipinski definition) is 6. The van der Waals surface area contributed by atoms with Crippen LogP contribution in [0.5, 0.6) is 0 Å². The van der Waals surface area contributed by atoms with Crippen molar-refractivity contribution in [3.63, 3.8) is 0 Å². The van der Waals surface area contributed by atoms with Crippen LogP contribution in [-0.2, 0) is 36.9 Å². The minimum Gasteiger partial charge on any atom is -0.467 e. The summed E-state index contributed by atoms with van der Waals surface area (Å²) in [7, 11) is 1.28. The van der Waals surface area contributed by atoms with Crippen LogP contribution >= 0.6 is 0 Å². The molecule has 210 valence electrons. The van der Waals surface area contributed by atoms with Gasteiger partial charge in [0.2, 0.25) is 11.8 Å². The number of esters is 1. The minimum absolute atomic E-state index is 0.0298. The lowest BCUT2D eigenvalue weighted by molar-refractivity contribution is -0.145. The van der Waals surface area contributed by atoms with Crippen molar-refractivity contribution in [1.82, 2.24) is 10.6 Å². The molecular weight excluding hydrogens is 498 g/mol. The molecule has 9 nitrogen and oxygen atoms in total. The first-order chi connectivity index (χ1) is 18.7.